The van der Waals surface area contributed by atoms with Gasteiger partial charge in [-0.25, -0.2) is 0 Å². The fourth-order valence-electron chi connectivity index (χ4n) is 1.65. The first-order chi connectivity index (χ1) is 10.2. The summed E-state index contributed by atoms with van der Waals surface area (Å²) >= 11 is 1.51. The Hall–Kier alpha value is -2.74. The van der Waals surface area contributed by atoms with Gasteiger partial charge in [0.15, 0.2) is 6.61 Å². The van der Waals surface area contributed by atoms with Crippen LogP contribution < -0.4 is 4.74 Å². The van der Waals surface area contributed by atoms with Gasteiger partial charge in [-0.2, -0.15) is 4.98 Å². The van der Waals surface area contributed by atoms with Crippen molar-refractivity contribution in [3.05, 3.63) is 57.8 Å². The number of aromatic nitrogens is 2. The van der Waals surface area contributed by atoms with Crippen molar-refractivity contribution in [2.45, 2.75) is 6.61 Å². The van der Waals surface area contributed by atoms with E-state index in [0.717, 1.165) is 4.88 Å². The fraction of sp³-hybridized carbons (Fsp3) is 0.0769. The van der Waals surface area contributed by atoms with Gasteiger partial charge in [0, 0.05) is 6.07 Å². The normalized spacial score (nSPS) is 10.5. The van der Waals surface area contributed by atoms with E-state index in [1.807, 2.05) is 17.5 Å². The average molecular weight is 303 g/mol. The number of non-ortho nitro benzene ring substituents is 1. The van der Waals surface area contributed by atoms with Crippen LogP contribution in [0, 0.1) is 10.1 Å². The van der Waals surface area contributed by atoms with E-state index in [0.29, 0.717) is 17.5 Å². The van der Waals surface area contributed by atoms with E-state index < -0.39 is 4.92 Å². The molecule has 2 heterocycles. The van der Waals surface area contributed by atoms with Gasteiger partial charge < -0.3 is 9.26 Å². The second-order valence-corrected chi connectivity index (χ2v) is 4.98. The van der Waals surface area contributed by atoms with Gasteiger partial charge in [-0.15, -0.1) is 11.3 Å². The molecular formula is C13H9N3O4S. The predicted octanol–water partition coefficient (Wildman–Crippen LogP) is 3.29. The molecule has 0 saturated heterocycles. The summed E-state index contributed by atoms with van der Waals surface area (Å²) in [6.07, 6.45) is 0. The number of hydrogen-bond donors (Lipinski definition) is 0. The van der Waals surface area contributed by atoms with E-state index in [4.69, 9.17) is 9.26 Å². The summed E-state index contributed by atoms with van der Waals surface area (Å²) in [6.45, 7) is 0.0551. The summed E-state index contributed by atoms with van der Waals surface area (Å²) in [5.74, 6) is 1.19. The monoisotopic (exact) mass is 303 g/mol. The maximum atomic E-state index is 10.7. The second-order valence-electron chi connectivity index (χ2n) is 4.03. The molecule has 2 aromatic heterocycles. The van der Waals surface area contributed by atoms with Crippen LogP contribution in [-0.4, -0.2) is 15.1 Å². The molecule has 3 rings (SSSR count). The van der Waals surface area contributed by atoms with Gasteiger partial charge in [-0.3, -0.25) is 10.1 Å². The van der Waals surface area contributed by atoms with Crippen molar-refractivity contribution >= 4 is 17.0 Å². The van der Waals surface area contributed by atoms with Crippen molar-refractivity contribution in [2.75, 3.05) is 0 Å². The molecule has 8 heteroatoms. The SMILES string of the molecule is O=[N+]([O-])c1cccc(OCc2nc(-c3cccs3)no2)c1. The highest BCUT2D eigenvalue weighted by Crippen LogP contribution is 2.23. The Bertz CT molecular complexity index is 754. The molecule has 0 unspecified atom stereocenters. The number of ether oxygens (including phenoxy) is 1. The summed E-state index contributed by atoms with van der Waals surface area (Å²) < 4.78 is 10.5. The van der Waals surface area contributed by atoms with Crippen LogP contribution in [0.4, 0.5) is 5.69 Å². The van der Waals surface area contributed by atoms with E-state index in [-0.39, 0.29) is 12.3 Å². The lowest BCUT2D eigenvalue weighted by molar-refractivity contribution is -0.384. The van der Waals surface area contributed by atoms with E-state index >= 15 is 0 Å². The van der Waals surface area contributed by atoms with Crippen LogP contribution in [0.5, 0.6) is 5.75 Å². The van der Waals surface area contributed by atoms with Crippen molar-refractivity contribution in [1.82, 2.24) is 10.1 Å². The topological polar surface area (TPSA) is 91.3 Å². The predicted molar refractivity (Wildman–Crippen MR) is 75.0 cm³/mol. The lowest BCUT2D eigenvalue weighted by Crippen LogP contribution is -1.96. The first-order valence-electron chi connectivity index (χ1n) is 5.96. The highest BCUT2D eigenvalue weighted by Gasteiger charge is 2.11. The Balaban J connectivity index is 1.68. The van der Waals surface area contributed by atoms with Gasteiger partial charge in [0.05, 0.1) is 15.9 Å². The van der Waals surface area contributed by atoms with Crippen LogP contribution in [-0.2, 0) is 6.61 Å². The molecule has 0 atom stereocenters. The van der Waals surface area contributed by atoms with Crippen molar-refractivity contribution in [2.24, 2.45) is 0 Å². The van der Waals surface area contributed by atoms with Crippen molar-refractivity contribution in [3.8, 4) is 16.5 Å². The van der Waals surface area contributed by atoms with Crippen molar-refractivity contribution in [3.63, 3.8) is 0 Å². The quantitative estimate of drug-likeness (QED) is 0.530. The van der Waals surface area contributed by atoms with Gasteiger partial charge in [0.2, 0.25) is 5.82 Å². The second kappa shape index (κ2) is 5.71. The molecule has 0 bridgehead atoms. The zero-order valence-electron chi connectivity index (χ0n) is 10.6. The summed E-state index contributed by atoms with van der Waals surface area (Å²) in [7, 11) is 0. The molecule has 106 valence electrons. The van der Waals surface area contributed by atoms with Crippen molar-refractivity contribution < 1.29 is 14.2 Å². The highest BCUT2D eigenvalue weighted by molar-refractivity contribution is 7.13. The van der Waals surface area contributed by atoms with Gasteiger partial charge in [0.25, 0.3) is 11.6 Å². The smallest absolute Gasteiger partial charge is 0.273 e. The third-order valence-electron chi connectivity index (χ3n) is 2.60. The summed E-state index contributed by atoms with van der Waals surface area (Å²) in [5, 5.41) is 16.4. The first-order valence-corrected chi connectivity index (χ1v) is 6.84. The van der Waals surface area contributed by atoms with E-state index in [9.17, 15) is 10.1 Å². The molecule has 1 aromatic carbocycles. The van der Waals surface area contributed by atoms with Crippen LogP contribution >= 0.6 is 11.3 Å². The number of nitrogens with zero attached hydrogens (tertiary/aromatic N) is 3. The first kappa shape index (κ1) is 13.3. The van der Waals surface area contributed by atoms with Gasteiger partial charge >= 0.3 is 0 Å². The number of rotatable bonds is 5. The van der Waals surface area contributed by atoms with Crippen LogP contribution in [0.1, 0.15) is 5.89 Å². The summed E-state index contributed by atoms with van der Waals surface area (Å²) in [6, 6.07) is 9.71. The van der Waals surface area contributed by atoms with Crippen LogP contribution in [0.25, 0.3) is 10.7 Å². The largest absolute Gasteiger partial charge is 0.484 e. The number of benzene rings is 1. The molecule has 7 nitrogen and oxygen atoms in total. The summed E-state index contributed by atoms with van der Waals surface area (Å²) in [5.41, 5.74) is -0.0303. The van der Waals surface area contributed by atoms with Crippen LogP contribution in [0.3, 0.4) is 0 Å². The Labute approximate surface area is 123 Å². The Morgan fingerprint density at radius 3 is 3.00 bits per heavy atom. The van der Waals surface area contributed by atoms with Crippen LogP contribution in [0.2, 0.25) is 0 Å². The van der Waals surface area contributed by atoms with Gasteiger partial charge in [-0.1, -0.05) is 17.3 Å². The molecule has 3 aromatic rings. The standard InChI is InChI=1S/C13H9N3O4S/c17-16(18)9-3-1-4-10(7-9)19-8-12-14-13(15-20-12)11-5-2-6-21-11/h1-7H,8H2. The summed E-state index contributed by atoms with van der Waals surface area (Å²) in [4.78, 5) is 15.3. The maximum absolute atomic E-state index is 10.7. The molecule has 0 spiro atoms. The number of nitro benzene ring substituents is 1. The average Bonchev–Trinajstić information content (AvgIpc) is 3.16. The zero-order chi connectivity index (χ0) is 14.7. The Morgan fingerprint density at radius 1 is 1.33 bits per heavy atom. The van der Waals surface area contributed by atoms with Gasteiger partial charge in [0.1, 0.15) is 5.75 Å². The molecule has 0 aliphatic rings. The Morgan fingerprint density at radius 2 is 2.24 bits per heavy atom. The molecule has 0 N–H and O–H groups in total. The lowest BCUT2D eigenvalue weighted by atomic mass is 10.3. The molecule has 0 radical (unpaired) electrons. The van der Waals surface area contributed by atoms with E-state index in [1.165, 1.54) is 23.5 Å². The molecular weight excluding hydrogens is 294 g/mol. The highest BCUT2D eigenvalue weighted by atomic mass is 32.1. The lowest BCUT2D eigenvalue weighted by Gasteiger charge is -2.02. The zero-order valence-corrected chi connectivity index (χ0v) is 11.4. The number of nitro groups is 1. The molecule has 0 fully saturated rings. The van der Waals surface area contributed by atoms with Crippen LogP contribution in [0.15, 0.2) is 46.3 Å². The third-order valence-corrected chi connectivity index (χ3v) is 3.47. The minimum atomic E-state index is -0.478. The molecule has 0 aliphatic carbocycles. The number of hydrogen-bond acceptors (Lipinski definition) is 7. The number of thiophene rings is 1. The maximum Gasteiger partial charge on any atom is 0.273 e. The molecule has 0 amide bonds. The molecule has 21 heavy (non-hydrogen) atoms. The van der Waals surface area contributed by atoms with Crippen molar-refractivity contribution in [1.29, 1.82) is 0 Å². The molecule has 0 saturated carbocycles. The fourth-order valence-corrected chi connectivity index (χ4v) is 2.30. The minimum Gasteiger partial charge on any atom is -0.484 e. The minimum absolute atomic E-state index is 0.0303. The Kier molecular flexibility index (Phi) is 3.61. The van der Waals surface area contributed by atoms with Gasteiger partial charge in [-0.05, 0) is 17.5 Å². The van der Waals surface area contributed by atoms with E-state index in [2.05, 4.69) is 10.1 Å². The third kappa shape index (κ3) is 3.06. The van der Waals surface area contributed by atoms with E-state index in [1.54, 1.807) is 12.1 Å². The molecule has 0 aliphatic heterocycles.